The lowest BCUT2D eigenvalue weighted by molar-refractivity contribution is -0.156. The molecule has 130 valence electrons. The van der Waals surface area contributed by atoms with Gasteiger partial charge in [-0.15, -0.1) is 0 Å². The number of piperidine rings is 1. The second-order valence-corrected chi connectivity index (χ2v) is 7.88. The average Bonchev–Trinajstić information content (AvgIpc) is 3.06. The molecule has 23 heavy (non-hydrogen) atoms. The summed E-state index contributed by atoms with van der Waals surface area (Å²) < 4.78 is 5.30. The van der Waals surface area contributed by atoms with Crippen LogP contribution in [0.3, 0.4) is 0 Å². The Bertz CT molecular complexity index is 430. The molecule has 0 spiro atoms. The van der Waals surface area contributed by atoms with E-state index in [0.29, 0.717) is 30.2 Å². The van der Waals surface area contributed by atoms with Gasteiger partial charge in [-0.1, -0.05) is 32.6 Å². The third-order valence-electron chi connectivity index (χ3n) is 6.35. The lowest BCUT2D eigenvalue weighted by atomic mass is 9.72. The lowest BCUT2D eigenvalue weighted by Crippen LogP contribution is -2.53. The molecule has 2 aliphatic carbocycles. The minimum atomic E-state index is -0.184. The number of hydrogen-bond donors (Lipinski definition) is 0. The van der Waals surface area contributed by atoms with Gasteiger partial charge in [-0.3, -0.25) is 9.59 Å². The van der Waals surface area contributed by atoms with Crippen molar-refractivity contribution in [2.24, 2.45) is 17.8 Å². The fourth-order valence-corrected chi connectivity index (χ4v) is 4.96. The second-order valence-electron chi connectivity index (χ2n) is 7.88. The largest absolute Gasteiger partial charge is 0.456 e. The van der Waals surface area contributed by atoms with Crippen LogP contribution in [-0.2, 0) is 14.3 Å². The van der Waals surface area contributed by atoms with Gasteiger partial charge in [0.05, 0.1) is 0 Å². The van der Waals surface area contributed by atoms with Gasteiger partial charge in [0.15, 0.2) is 6.61 Å². The number of ether oxygens (including phenoxy) is 1. The minimum Gasteiger partial charge on any atom is -0.456 e. The highest BCUT2D eigenvalue weighted by molar-refractivity contribution is 5.81. The van der Waals surface area contributed by atoms with E-state index >= 15 is 0 Å². The van der Waals surface area contributed by atoms with E-state index in [1.807, 2.05) is 4.90 Å². The van der Waals surface area contributed by atoms with Crippen LogP contribution in [0.1, 0.15) is 71.1 Å². The van der Waals surface area contributed by atoms with Crippen LogP contribution in [0, 0.1) is 17.8 Å². The van der Waals surface area contributed by atoms with Gasteiger partial charge in [-0.05, 0) is 49.9 Å². The molecule has 1 heterocycles. The molecule has 0 radical (unpaired) electrons. The van der Waals surface area contributed by atoms with Crippen molar-refractivity contribution >= 4 is 11.9 Å². The van der Waals surface area contributed by atoms with Crippen LogP contribution in [0.5, 0.6) is 0 Å². The standard InChI is InChI=1S/C19H31NO3/c1-14-10-11-20(17-9-5-4-8-16(14)17)18(21)13-23-19(22)12-15-6-2-3-7-15/h14-17H,2-13H2,1H3/t14-,16-,17+/m1/s1. The van der Waals surface area contributed by atoms with E-state index in [4.69, 9.17) is 4.74 Å². The van der Waals surface area contributed by atoms with Gasteiger partial charge in [-0.25, -0.2) is 0 Å². The topological polar surface area (TPSA) is 46.6 Å². The molecule has 3 atom stereocenters. The van der Waals surface area contributed by atoms with Crippen LogP contribution in [0.4, 0.5) is 0 Å². The van der Waals surface area contributed by atoms with Gasteiger partial charge in [-0.2, -0.15) is 0 Å². The van der Waals surface area contributed by atoms with E-state index in [0.717, 1.165) is 32.2 Å². The summed E-state index contributed by atoms with van der Waals surface area (Å²) >= 11 is 0. The molecule has 0 aromatic heterocycles. The van der Waals surface area contributed by atoms with Crippen molar-refractivity contribution in [2.45, 2.75) is 77.2 Å². The first-order valence-electron chi connectivity index (χ1n) is 9.60. The summed E-state index contributed by atoms with van der Waals surface area (Å²) in [5.74, 6) is 1.69. The van der Waals surface area contributed by atoms with Gasteiger partial charge in [0.1, 0.15) is 0 Å². The smallest absolute Gasteiger partial charge is 0.306 e. The van der Waals surface area contributed by atoms with E-state index in [1.54, 1.807) is 0 Å². The fourth-order valence-electron chi connectivity index (χ4n) is 4.96. The molecule has 3 fully saturated rings. The van der Waals surface area contributed by atoms with Crippen molar-refractivity contribution in [1.29, 1.82) is 0 Å². The highest BCUT2D eigenvalue weighted by atomic mass is 16.5. The Hall–Kier alpha value is -1.06. The summed E-state index contributed by atoms with van der Waals surface area (Å²) in [6.45, 7) is 3.11. The number of likely N-dealkylation sites (tertiary alicyclic amines) is 1. The van der Waals surface area contributed by atoms with E-state index in [2.05, 4.69) is 6.92 Å². The number of carbonyl (C=O) groups is 2. The maximum absolute atomic E-state index is 12.6. The molecule has 0 N–H and O–H groups in total. The number of rotatable bonds is 4. The third kappa shape index (κ3) is 4.07. The number of nitrogens with zero attached hydrogens (tertiary/aromatic N) is 1. The Labute approximate surface area is 139 Å². The van der Waals surface area contributed by atoms with Gasteiger partial charge in [0.25, 0.3) is 5.91 Å². The number of amides is 1. The zero-order chi connectivity index (χ0) is 16.2. The average molecular weight is 321 g/mol. The van der Waals surface area contributed by atoms with E-state index in [1.165, 1.54) is 32.1 Å². The molecule has 1 saturated heterocycles. The maximum Gasteiger partial charge on any atom is 0.306 e. The monoisotopic (exact) mass is 321 g/mol. The summed E-state index contributed by atoms with van der Waals surface area (Å²) in [5.41, 5.74) is 0. The summed E-state index contributed by atoms with van der Waals surface area (Å²) in [6.07, 6.45) is 11.2. The van der Waals surface area contributed by atoms with Crippen LogP contribution in [0.2, 0.25) is 0 Å². The Balaban J connectivity index is 1.48. The second kappa shape index (κ2) is 7.67. The Morgan fingerprint density at radius 2 is 1.70 bits per heavy atom. The molecule has 0 aromatic carbocycles. The van der Waals surface area contributed by atoms with Crippen LogP contribution in [0.25, 0.3) is 0 Å². The van der Waals surface area contributed by atoms with Crippen molar-refractivity contribution in [3.63, 3.8) is 0 Å². The van der Waals surface area contributed by atoms with Crippen LogP contribution < -0.4 is 0 Å². The molecule has 4 nitrogen and oxygen atoms in total. The van der Waals surface area contributed by atoms with E-state index in [-0.39, 0.29) is 18.5 Å². The molecule has 1 amide bonds. The van der Waals surface area contributed by atoms with Crippen LogP contribution in [0.15, 0.2) is 0 Å². The fraction of sp³-hybridized carbons (Fsp3) is 0.895. The molecule has 0 aromatic rings. The molecular formula is C19H31NO3. The molecule has 3 aliphatic rings. The molecule has 2 saturated carbocycles. The van der Waals surface area contributed by atoms with Crippen molar-refractivity contribution in [1.82, 2.24) is 4.90 Å². The predicted molar refractivity (Wildman–Crippen MR) is 88.8 cm³/mol. The zero-order valence-corrected chi connectivity index (χ0v) is 14.5. The number of fused-ring (bicyclic) bond motifs is 1. The summed E-state index contributed by atoms with van der Waals surface area (Å²) in [5, 5.41) is 0. The molecule has 1 aliphatic heterocycles. The first-order chi connectivity index (χ1) is 11.1. The highest BCUT2D eigenvalue weighted by Gasteiger charge is 2.39. The lowest BCUT2D eigenvalue weighted by Gasteiger charge is -2.47. The predicted octanol–water partition coefficient (Wildman–Crippen LogP) is 3.54. The number of hydrogen-bond acceptors (Lipinski definition) is 3. The Morgan fingerprint density at radius 1 is 1.00 bits per heavy atom. The summed E-state index contributed by atoms with van der Waals surface area (Å²) in [4.78, 5) is 26.5. The van der Waals surface area contributed by atoms with Gasteiger partial charge in [0, 0.05) is 19.0 Å². The van der Waals surface area contributed by atoms with Gasteiger partial charge in [0.2, 0.25) is 0 Å². The molecule has 0 bridgehead atoms. The quantitative estimate of drug-likeness (QED) is 0.744. The van der Waals surface area contributed by atoms with Crippen molar-refractivity contribution in [3.8, 4) is 0 Å². The van der Waals surface area contributed by atoms with E-state index in [9.17, 15) is 9.59 Å². The molecule has 0 unspecified atom stereocenters. The first kappa shape index (κ1) is 16.8. The van der Waals surface area contributed by atoms with Crippen molar-refractivity contribution < 1.29 is 14.3 Å². The van der Waals surface area contributed by atoms with Gasteiger partial charge >= 0.3 is 5.97 Å². The first-order valence-corrected chi connectivity index (χ1v) is 9.60. The Morgan fingerprint density at radius 3 is 2.48 bits per heavy atom. The maximum atomic E-state index is 12.6. The zero-order valence-electron chi connectivity index (χ0n) is 14.5. The normalized spacial score (nSPS) is 31.7. The summed E-state index contributed by atoms with van der Waals surface area (Å²) in [6, 6.07) is 0.383. The number of carbonyl (C=O) groups excluding carboxylic acids is 2. The van der Waals surface area contributed by atoms with Crippen LogP contribution in [-0.4, -0.2) is 36.0 Å². The molecule has 3 rings (SSSR count). The third-order valence-corrected chi connectivity index (χ3v) is 6.35. The Kier molecular flexibility index (Phi) is 5.60. The summed E-state index contributed by atoms with van der Waals surface area (Å²) in [7, 11) is 0. The van der Waals surface area contributed by atoms with Crippen LogP contribution >= 0.6 is 0 Å². The minimum absolute atomic E-state index is 0.0218. The van der Waals surface area contributed by atoms with Gasteiger partial charge < -0.3 is 9.64 Å². The van der Waals surface area contributed by atoms with Crippen molar-refractivity contribution in [3.05, 3.63) is 0 Å². The SMILES string of the molecule is C[C@@H]1CCN(C(=O)COC(=O)CC2CCCC2)[C@H]2CCCC[C@H]12. The van der Waals surface area contributed by atoms with Crippen molar-refractivity contribution in [2.75, 3.05) is 13.2 Å². The highest BCUT2D eigenvalue weighted by Crippen LogP contribution is 2.38. The molecular weight excluding hydrogens is 290 g/mol. The molecule has 4 heteroatoms. The van der Waals surface area contributed by atoms with E-state index < -0.39 is 0 Å². The number of esters is 1.